The van der Waals surface area contributed by atoms with Crippen LogP contribution in [0.25, 0.3) is 0 Å². The lowest BCUT2D eigenvalue weighted by Crippen LogP contribution is -2.51. The Morgan fingerprint density at radius 1 is 1.04 bits per heavy atom. The van der Waals surface area contributed by atoms with E-state index in [1.807, 2.05) is 13.8 Å². The molecule has 1 aliphatic carbocycles. The van der Waals surface area contributed by atoms with Gasteiger partial charge >= 0.3 is 0 Å². The molecule has 1 saturated carbocycles. The maximum Gasteiger partial charge on any atom is 0.249 e. The minimum Gasteiger partial charge on any atom is -0.363 e. The number of imide groups is 1. The van der Waals surface area contributed by atoms with E-state index >= 15 is 0 Å². The number of Topliss-reactive ketones (excluding diaryl/α,β-unsaturated/α-hetero) is 1. The van der Waals surface area contributed by atoms with Crippen molar-refractivity contribution in [3.8, 4) is 0 Å². The Kier molecular flexibility index (Phi) is 6.89. The van der Waals surface area contributed by atoms with Crippen molar-refractivity contribution in [2.75, 3.05) is 11.9 Å². The van der Waals surface area contributed by atoms with Crippen molar-refractivity contribution < 1.29 is 18.8 Å². The van der Waals surface area contributed by atoms with Crippen LogP contribution in [0.15, 0.2) is 18.2 Å². The second-order valence-corrected chi connectivity index (χ2v) is 6.60. The van der Waals surface area contributed by atoms with Gasteiger partial charge in [-0.25, -0.2) is 4.39 Å². The minimum absolute atomic E-state index is 0.0812. The van der Waals surface area contributed by atoms with Crippen molar-refractivity contribution in [1.29, 1.82) is 0 Å². The molecule has 1 saturated heterocycles. The fourth-order valence-corrected chi connectivity index (χ4v) is 3.55. The Hall–Kier alpha value is -2.24. The first-order chi connectivity index (χ1) is 12.5. The van der Waals surface area contributed by atoms with Gasteiger partial charge in [-0.15, -0.1) is 0 Å². The zero-order valence-corrected chi connectivity index (χ0v) is 15.7. The first-order valence-electron chi connectivity index (χ1n) is 9.33. The molecule has 3 rings (SSSR count). The van der Waals surface area contributed by atoms with E-state index in [4.69, 9.17) is 0 Å². The number of ketones is 1. The molecule has 1 aromatic carbocycles. The van der Waals surface area contributed by atoms with Crippen LogP contribution in [0.3, 0.4) is 0 Å². The summed E-state index contributed by atoms with van der Waals surface area (Å²) in [6, 6.07) is 4.53. The van der Waals surface area contributed by atoms with Crippen LogP contribution >= 0.6 is 0 Å². The molecule has 5 nitrogen and oxygen atoms in total. The van der Waals surface area contributed by atoms with Crippen molar-refractivity contribution in [1.82, 2.24) is 5.32 Å². The Balaban J connectivity index is 0.00000117. The highest BCUT2D eigenvalue weighted by Gasteiger charge is 2.30. The zero-order valence-electron chi connectivity index (χ0n) is 15.7. The quantitative estimate of drug-likeness (QED) is 0.838. The highest BCUT2D eigenvalue weighted by atomic mass is 19.1. The number of likely N-dealkylation sites (N-methyl/N-ethyl adjacent to an activating group) is 1. The molecule has 1 atom stereocenters. The zero-order chi connectivity index (χ0) is 19.3. The SMILES string of the molecule is CC.CN(c1ccc(C2CCC(=O)CC2)c(F)c1)C1CCC(=O)NC1=O. The maximum absolute atomic E-state index is 14.6. The largest absolute Gasteiger partial charge is 0.363 e. The van der Waals surface area contributed by atoms with Crippen molar-refractivity contribution in [3.05, 3.63) is 29.6 Å². The summed E-state index contributed by atoms with van der Waals surface area (Å²) in [4.78, 5) is 36.2. The number of benzene rings is 1. The number of nitrogens with one attached hydrogen (secondary N) is 1. The molecule has 1 heterocycles. The second-order valence-electron chi connectivity index (χ2n) is 6.60. The molecule has 0 radical (unpaired) electrons. The van der Waals surface area contributed by atoms with Crippen molar-refractivity contribution in [3.63, 3.8) is 0 Å². The predicted molar refractivity (Wildman–Crippen MR) is 98.5 cm³/mol. The van der Waals surface area contributed by atoms with Gasteiger partial charge in [-0.05, 0) is 42.9 Å². The van der Waals surface area contributed by atoms with Gasteiger partial charge in [-0.2, -0.15) is 0 Å². The Morgan fingerprint density at radius 2 is 1.69 bits per heavy atom. The number of nitrogens with zero attached hydrogens (tertiary/aromatic N) is 1. The van der Waals surface area contributed by atoms with E-state index in [-0.39, 0.29) is 35.8 Å². The van der Waals surface area contributed by atoms with E-state index < -0.39 is 6.04 Å². The summed E-state index contributed by atoms with van der Waals surface area (Å²) in [7, 11) is 1.73. The van der Waals surface area contributed by atoms with Crippen LogP contribution in [0.2, 0.25) is 0 Å². The molecule has 1 N–H and O–H groups in total. The summed E-state index contributed by atoms with van der Waals surface area (Å²) in [5, 5.41) is 2.32. The van der Waals surface area contributed by atoms with E-state index in [9.17, 15) is 18.8 Å². The second kappa shape index (κ2) is 8.92. The van der Waals surface area contributed by atoms with Crippen LogP contribution in [-0.2, 0) is 14.4 Å². The molecule has 1 aliphatic heterocycles. The summed E-state index contributed by atoms with van der Waals surface area (Å²) in [6.45, 7) is 4.00. The molecule has 6 heteroatoms. The number of halogens is 1. The molecule has 2 amide bonds. The summed E-state index contributed by atoms with van der Waals surface area (Å²) in [5.74, 6) is -0.577. The lowest BCUT2D eigenvalue weighted by Gasteiger charge is -2.32. The normalized spacial score (nSPS) is 20.9. The van der Waals surface area contributed by atoms with E-state index in [0.717, 1.165) is 0 Å². The number of hydrogen-bond acceptors (Lipinski definition) is 4. The van der Waals surface area contributed by atoms with Crippen LogP contribution in [0.5, 0.6) is 0 Å². The van der Waals surface area contributed by atoms with Crippen molar-refractivity contribution in [2.24, 2.45) is 0 Å². The van der Waals surface area contributed by atoms with Gasteiger partial charge in [-0.3, -0.25) is 19.7 Å². The van der Waals surface area contributed by atoms with Gasteiger partial charge in [-0.1, -0.05) is 19.9 Å². The fraction of sp³-hybridized carbons (Fsp3) is 0.550. The predicted octanol–water partition coefficient (Wildman–Crippen LogP) is 3.32. The molecule has 0 aromatic heterocycles. The number of anilines is 1. The third-order valence-corrected chi connectivity index (χ3v) is 5.05. The molecule has 1 aromatic rings. The van der Waals surface area contributed by atoms with Crippen LogP contribution in [0.1, 0.15) is 63.9 Å². The average molecular weight is 362 g/mol. The molecule has 2 aliphatic rings. The van der Waals surface area contributed by atoms with Gasteiger partial charge in [0.1, 0.15) is 17.6 Å². The fourth-order valence-electron chi connectivity index (χ4n) is 3.55. The van der Waals surface area contributed by atoms with E-state index in [0.29, 0.717) is 43.4 Å². The minimum atomic E-state index is -0.472. The number of hydrogen-bond donors (Lipinski definition) is 1. The van der Waals surface area contributed by atoms with Crippen LogP contribution in [-0.4, -0.2) is 30.7 Å². The van der Waals surface area contributed by atoms with Gasteiger partial charge in [0.2, 0.25) is 11.8 Å². The molecular weight excluding hydrogens is 335 g/mol. The molecule has 142 valence electrons. The third-order valence-electron chi connectivity index (χ3n) is 5.05. The van der Waals surface area contributed by atoms with Crippen molar-refractivity contribution >= 4 is 23.3 Å². The first-order valence-corrected chi connectivity index (χ1v) is 9.33. The molecular formula is C20H27FN2O3. The van der Waals surface area contributed by atoms with Gasteiger partial charge in [0.25, 0.3) is 0 Å². The number of carbonyl (C=O) groups excluding carboxylic acids is 3. The molecule has 26 heavy (non-hydrogen) atoms. The lowest BCUT2D eigenvalue weighted by atomic mass is 9.83. The van der Waals surface area contributed by atoms with Gasteiger partial charge in [0, 0.05) is 32.0 Å². The summed E-state index contributed by atoms with van der Waals surface area (Å²) >= 11 is 0. The standard InChI is InChI=1S/C18H21FN2O3.C2H6/c1-21(16-8-9-17(23)20-18(16)24)12-4-7-14(15(19)10-12)11-2-5-13(22)6-3-11;1-2/h4,7,10-11,16H,2-3,5-6,8-9H2,1H3,(H,20,23,24);1-2H3. The van der Waals surface area contributed by atoms with Gasteiger partial charge in [0.05, 0.1) is 0 Å². The number of carbonyl (C=O) groups is 3. The number of amides is 2. The van der Waals surface area contributed by atoms with Crippen LogP contribution in [0, 0.1) is 5.82 Å². The maximum atomic E-state index is 14.6. The van der Waals surface area contributed by atoms with Crippen molar-refractivity contribution in [2.45, 2.75) is 64.3 Å². The molecule has 1 unspecified atom stereocenters. The van der Waals surface area contributed by atoms with E-state index in [1.54, 1.807) is 24.1 Å². The molecule has 2 fully saturated rings. The Morgan fingerprint density at radius 3 is 2.27 bits per heavy atom. The summed E-state index contributed by atoms with van der Waals surface area (Å²) in [5.41, 5.74) is 1.25. The van der Waals surface area contributed by atoms with Crippen LogP contribution < -0.4 is 10.2 Å². The monoisotopic (exact) mass is 362 g/mol. The topological polar surface area (TPSA) is 66.5 Å². The van der Waals surface area contributed by atoms with E-state index in [2.05, 4.69) is 5.32 Å². The Labute approximate surface area is 153 Å². The highest BCUT2D eigenvalue weighted by Crippen LogP contribution is 2.34. The summed E-state index contributed by atoms with van der Waals surface area (Å²) < 4.78 is 14.6. The summed E-state index contributed by atoms with van der Waals surface area (Å²) in [6.07, 6.45) is 3.13. The number of piperidine rings is 1. The third kappa shape index (κ3) is 4.48. The van der Waals surface area contributed by atoms with Gasteiger partial charge < -0.3 is 4.90 Å². The smallest absolute Gasteiger partial charge is 0.249 e. The number of rotatable bonds is 3. The highest BCUT2D eigenvalue weighted by molar-refractivity contribution is 6.01. The molecule has 0 bridgehead atoms. The first kappa shape index (κ1) is 20.1. The lowest BCUT2D eigenvalue weighted by molar-refractivity contribution is -0.134. The average Bonchev–Trinajstić information content (AvgIpc) is 2.64. The van der Waals surface area contributed by atoms with Crippen LogP contribution in [0.4, 0.5) is 10.1 Å². The van der Waals surface area contributed by atoms with E-state index in [1.165, 1.54) is 6.07 Å². The Bertz CT molecular complexity index is 680. The molecule has 0 spiro atoms. The van der Waals surface area contributed by atoms with Gasteiger partial charge in [0.15, 0.2) is 0 Å².